The Balaban J connectivity index is 2.59. The molecular weight excluding hydrogens is 264 g/mol. The SMILES string of the molecule is CC(C)(C)c1nc(=S)cc(-c2cccc(Cl)c2)[nH]1. The lowest BCUT2D eigenvalue weighted by Gasteiger charge is -2.18. The Morgan fingerprint density at radius 1 is 1.22 bits per heavy atom. The fraction of sp³-hybridized carbons (Fsp3) is 0.286. The number of rotatable bonds is 1. The van der Waals surface area contributed by atoms with Crippen molar-refractivity contribution in [3.63, 3.8) is 0 Å². The van der Waals surface area contributed by atoms with Crippen LogP contribution in [0.1, 0.15) is 26.6 Å². The van der Waals surface area contributed by atoms with E-state index >= 15 is 0 Å². The normalized spacial score (nSPS) is 11.6. The van der Waals surface area contributed by atoms with Crippen LogP contribution >= 0.6 is 23.8 Å². The molecule has 0 saturated carbocycles. The molecule has 0 aliphatic rings. The third kappa shape index (κ3) is 2.98. The van der Waals surface area contributed by atoms with Crippen molar-refractivity contribution in [1.82, 2.24) is 9.97 Å². The van der Waals surface area contributed by atoms with Gasteiger partial charge in [-0.1, -0.05) is 56.7 Å². The lowest BCUT2D eigenvalue weighted by molar-refractivity contribution is 0.545. The van der Waals surface area contributed by atoms with Crippen molar-refractivity contribution in [3.05, 3.63) is 45.8 Å². The van der Waals surface area contributed by atoms with E-state index in [0.29, 0.717) is 9.66 Å². The highest BCUT2D eigenvalue weighted by Crippen LogP contribution is 2.24. The Kier molecular flexibility index (Phi) is 3.55. The first-order valence-corrected chi connectivity index (χ1v) is 6.53. The lowest BCUT2D eigenvalue weighted by Crippen LogP contribution is -2.16. The smallest absolute Gasteiger partial charge is 0.130 e. The van der Waals surface area contributed by atoms with Crippen LogP contribution in [0.3, 0.4) is 0 Å². The van der Waals surface area contributed by atoms with Crippen LogP contribution in [0.4, 0.5) is 0 Å². The van der Waals surface area contributed by atoms with Gasteiger partial charge in [-0.05, 0) is 23.8 Å². The van der Waals surface area contributed by atoms with Gasteiger partial charge < -0.3 is 4.98 Å². The highest BCUT2D eigenvalue weighted by atomic mass is 35.5. The maximum absolute atomic E-state index is 6.01. The quantitative estimate of drug-likeness (QED) is 0.762. The van der Waals surface area contributed by atoms with E-state index in [1.54, 1.807) is 0 Å². The molecule has 0 aliphatic carbocycles. The molecule has 0 aliphatic heterocycles. The number of benzene rings is 1. The molecule has 2 aromatic rings. The minimum atomic E-state index is -0.0673. The second-order valence-electron chi connectivity index (χ2n) is 5.24. The molecule has 94 valence electrons. The van der Waals surface area contributed by atoms with Gasteiger partial charge in [-0.15, -0.1) is 0 Å². The van der Waals surface area contributed by atoms with Gasteiger partial charge in [0.15, 0.2) is 0 Å². The van der Waals surface area contributed by atoms with Crippen molar-refractivity contribution in [3.8, 4) is 11.3 Å². The zero-order valence-electron chi connectivity index (χ0n) is 10.6. The molecule has 0 unspecified atom stereocenters. The highest BCUT2D eigenvalue weighted by molar-refractivity contribution is 7.71. The van der Waals surface area contributed by atoms with E-state index < -0.39 is 0 Å². The van der Waals surface area contributed by atoms with E-state index in [-0.39, 0.29) is 5.41 Å². The third-order valence-electron chi connectivity index (χ3n) is 2.59. The van der Waals surface area contributed by atoms with Crippen LogP contribution in [0.5, 0.6) is 0 Å². The van der Waals surface area contributed by atoms with E-state index in [1.165, 1.54) is 0 Å². The molecule has 1 aromatic heterocycles. The molecule has 0 radical (unpaired) electrons. The Morgan fingerprint density at radius 3 is 2.56 bits per heavy atom. The van der Waals surface area contributed by atoms with E-state index in [9.17, 15) is 0 Å². The Hall–Kier alpha value is -1.19. The summed E-state index contributed by atoms with van der Waals surface area (Å²) in [4.78, 5) is 7.71. The summed E-state index contributed by atoms with van der Waals surface area (Å²) in [5.41, 5.74) is 1.89. The molecule has 0 fully saturated rings. The van der Waals surface area contributed by atoms with E-state index in [2.05, 4.69) is 30.7 Å². The molecule has 0 amide bonds. The molecule has 1 N–H and O–H groups in total. The van der Waals surface area contributed by atoms with Gasteiger partial charge in [-0.25, -0.2) is 4.98 Å². The molecule has 0 atom stereocenters. The van der Waals surface area contributed by atoms with Gasteiger partial charge in [0, 0.05) is 16.1 Å². The summed E-state index contributed by atoms with van der Waals surface area (Å²) in [6, 6.07) is 9.54. The van der Waals surface area contributed by atoms with Crippen LogP contribution in [0.25, 0.3) is 11.3 Å². The summed E-state index contributed by atoms with van der Waals surface area (Å²) in [5, 5.41) is 0.709. The van der Waals surface area contributed by atoms with Crippen LogP contribution in [-0.4, -0.2) is 9.97 Å². The second-order valence-corrected chi connectivity index (χ2v) is 6.10. The summed E-state index contributed by atoms with van der Waals surface area (Å²) in [6.45, 7) is 6.30. The molecule has 1 heterocycles. The zero-order chi connectivity index (χ0) is 13.3. The first-order chi connectivity index (χ1) is 8.36. The van der Waals surface area contributed by atoms with E-state index in [0.717, 1.165) is 17.1 Å². The van der Waals surface area contributed by atoms with Crippen LogP contribution in [-0.2, 0) is 5.41 Å². The summed E-state index contributed by atoms with van der Waals surface area (Å²) in [7, 11) is 0. The fourth-order valence-corrected chi connectivity index (χ4v) is 2.02. The Bertz CT molecular complexity index is 626. The number of aromatic amines is 1. The molecule has 0 saturated heterocycles. The van der Waals surface area contributed by atoms with Crippen LogP contribution < -0.4 is 0 Å². The van der Waals surface area contributed by atoms with Crippen LogP contribution in [0.15, 0.2) is 30.3 Å². The monoisotopic (exact) mass is 278 g/mol. The van der Waals surface area contributed by atoms with E-state index in [1.807, 2.05) is 30.3 Å². The number of hydrogen-bond donors (Lipinski definition) is 1. The number of aromatic nitrogens is 2. The minimum Gasteiger partial charge on any atom is -0.343 e. The number of nitrogens with zero attached hydrogens (tertiary/aromatic N) is 1. The predicted octanol–water partition coefficient (Wildman–Crippen LogP) is 4.76. The third-order valence-corrected chi connectivity index (χ3v) is 3.03. The largest absolute Gasteiger partial charge is 0.343 e. The van der Waals surface area contributed by atoms with Crippen molar-refractivity contribution in [1.29, 1.82) is 0 Å². The molecular formula is C14H15ClN2S. The number of H-pyrrole nitrogens is 1. The standard InChI is InChI=1S/C14H15ClN2S/c1-14(2,3)13-16-11(8-12(18)17-13)9-5-4-6-10(15)7-9/h4-8H,1-3H3,(H,16,17,18). The van der Waals surface area contributed by atoms with Crippen molar-refractivity contribution in [2.75, 3.05) is 0 Å². The van der Waals surface area contributed by atoms with Gasteiger partial charge in [0.2, 0.25) is 0 Å². The lowest BCUT2D eigenvalue weighted by atomic mass is 9.95. The van der Waals surface area contributed by atoms with Gasteiger partial charge >= 0.3 is 0 Å². The van der Waals surface area contributed by atoms with Crippen molar-refractivity contribution < 1.29 is 0 Å². The number of halogens is 1. The van der Waals surface area contributed by atoms with Crippen LogP contribution in [0, 0.1) is 4.64 Å². The zero-order valence-corrected chi connectivity index (χ0v) is 12.2. The predicted molar refractivity (Wildman–Crippen MR) is 78.6 cm³/mol. The van der Waals surface area contributed by atoms with Gasteiger partial charge in [-0.2, -0.15) is 0 Å². The fourth-order valence-electron chi connectivity index (χ4n) is 1.62. The van der Waals surface area contributed by atoms with Crippen molar-refractivity contribution >= 4 is 23.8 Å². The molecule has 2 nitrogen and oxygen atoms in total. The molecule has 4 heteroatoms. The number of hydrogen-bond acceptors (Lipinski definition) is 2. The molecule has 2 rings (SSSR count). The first kappa shape index (κ1) is 13.2. The Morgan fingerprint density at radius 2 is 1.94 bits per heavy atom. The molecule has 18 heavy (non-hydrogen) atoms. The molecule has 0 bridgehead atoms. The number of nitrogens with one attached hydrogen (secondary N) is 1. The topological polar surface area (TPSA) is 28.7 Å². The average molecular weight is 279 g/mol. The van der Waals surface area contributed by atoms with Crippen LogP contribution in [0.2, 0.25) is 5.02 Å². The Labute approximate surface area is 117 Å². The van der Waals surface area contributed by atoms with E-state index in [4.69, 9.17) is 23.8 Å². The first-order valence-electron chi connectivity index (χ1n) is 5.74. The van der Waals surface area contributed by atoms with Crippen molar-refractivity contribution in [2.45, 2.75) is 26.2 Å². The molecule has 1 aromatic carbocycles. The van der Waals surface area contributed by atoms with Gasteiger partial charge in [-0.3, -0.25) is 0 Å². The summed E-state index contributed by atoms with van der Waals surface area (Å²) < 4.78 is 0.591. The highest BCUT2D eigenvalue weighted by Gasteiger charge is 2.17. The molecule has 0 spiro atoms. The van der Waals surface area contributed by atoms with Crippen molar-refractivity contribution in [2.24, 2.45) is 0 Å². The second kappa shape index (κ2) is 4.82. The van der Waals surface area contributed by atoms with Gasteiger partial charge in [0.25, 0.3) is 0 Å². The summed E-state index contributed by atoms with van der Waals surface area (Å²) in [5.74, 6) is 0.880. The maximum atomic E-state index is 6.01. The maximum Gasteiger partial charge on any atom is 0.130 e. The summed E-state index contributed by atoms with van der Waals surface area (Å²) in [6.07, 6.45) is 0. The minimum absolute atomic E-state index is 0.0673. The van der Waals surface area contributed by atoms with Gasteiger partial charge in [0.05, 0.1) is 0 Å². The van der Waals surface area contributed by atoms with Gasteiger partial charge in [0.1, 0.15) is 10.5 Å². The average Bonchev–Trinajstić information content (AvgIpc) is 2.27. The summed E-state index contributed by atoms with van der Waals surface area (Å²) >= 11 is 11.2.